The Labute approximate surface area is 174 Å². The van der Waals surface area contributed by atoms with E-state index >= 15 is 0 Å². The largest absolute Gasteiger partial charge is 0.214 e. The second-order valence-electron chi connectivity index (χ2n) is 8.09. The third-order valence-electron chi connectivity index (χ3n) is 5.04. The maximum absolute atomic E-state index is 2.26. The van der Waals surface area contributed by atoms with Gasteiger partial charge in [0.05, 0.1) is 0 Å². The van der Waals surface area contributed by atoms with Crippen LogP contribution >= 0.6 is 0 Å². The van der Waals surface area contributed by atoms with Crippen LogP contribution in [0.2, 0.25) is 0 Å². The normalized spacial score (nSPS) is 11.0. The quantitative estimate of drug-likeness (QED) is 0.393. The molecular weight excluding hydrogens is 352 g/mol. The lowest BCUT2D eigenvalue weighted by Gasteiger charge is -2.19. The molecule has 2 aromatic heterocycles. The summed E-state index contributed by atoms with van der Waals surface area (Å²) in [7, 11) is 0. The van der Waals surface area contributed by atoms with Crippen LogP contribution in [0.1, 0.15) is 33.8 Å². The lowest BCUT2D eigenvalue weighted by Crippen LogP contribution is -2.33. The van der Waals surface area contributed by atoms with Crippen molar-refractivity contribution in [1.82, 2.24) is 0 Å². The van der Waals surface area contributed by atoms with Gasteiger partial charge in [-0.25, -0.2) is 0 Å². The summed E-state index contributed by atoms with van der Waals surface area (Å²) in [6.07, 6.45) is 8.53. The highest BCUT2D eigenvalue weighted by Gasteiger charge is 2.22. The minimum Gasteiger partial charge on any atom is -0.167 e. The topological polar surface area (TPSA) is 7.76 Å². The van der Waals surface area contributed by atoms with Gasteiger partial charge < -0.3 is 0 Å². The highest BCUT2D eigenvalue weighted by atomic mass is 14.9. The van der Waals surface area contributed by atoms with E-state index in [0.29, 0.717) is 0 Å². The molecule has 0 radical (unpaired) electrons. The van der Waals surface area contributed by atoms with E-state index in [9.17, 15) is 0 Å². The highest BCUT2D eigenvalue weighted by Crippen LogP contribution is 2.26. The molecule has 2 aromatic carbocycles. The highest BCUT2D eigenvalue weighted by molar-refractivity contribution is 5.61. The van der Waals surface area contributed by atoms with Crippen LogP contribution in [0.3, 0.4) is 0 Å². The summed E-state index contributed by atoms with van der Waals surface area (Å²) in [5, 5.41) is 0. The predicted octanol–water partition coefficient (Wildman–Crippen LogP) is 5.84. The Bertz CT molecular complexity index is 1060. The van der Waals surface area contributed by atoms with Crippen molar-refractivity contribution in [3.05, 3.63) is 109 Å². The molecule has 0 aliphatic heterocycles. The minimum absolute atomic E-state index is 0. The molecular formula is C27H30N2+2. The maximum Gasteiger partial charge on any atom is 0.214 e. The van der Waals surface area contributed by atoms with Crippen molar-refractivity contribution < 1.29 is 9.13 Å². The summed E-state index contributed by atoms with van der Waals surface area (Å²) in [5.74, 6) is 0. The number of hydrogen-bond acceptors (Lipinski definition) is 0. The van der Waals surface area contributed by atoms with Crippen molar-refractivity contribution >= 4 is 0 Å². The molecule has 0 spiro atoms. The van der Waals surface area contributed by atoms with E-state index in [2.05, 4.69) is 127 Å². The van der Waals surface area contributed by atoms with Crippen LogP contribution in [-0.2, 0) is 5.41 Å². The molecule has 0 saturated heterocycles. The predicted molar refractivity (Wildman–Crippen MR) is 120 cm³/mol. The maximum atomic E-state index is 2.26. The molecule has 2 nitrogen and oxygen atoms in total. The van der Waals surface area contributed by atoms with Crippen LogP contribution < -0.4 is 9.13 Å². The molecule has 146 valence electrons. The molecule has 4 rings (SSSR count). The van der Waals surface area contributed by atoms with E-state index in [4.69, 9.17) is 0 Å². The zero-order chi connectivity index (χ0) is 19.6. The monoisotopic (exact) mass is 382 g/mol. The van der Waals surface area contributed by atoms with Gasteiger partial charge in [0.25, 0.3) is 0 Å². The van der Waals surface area contributed by atoms with Crippen LogP contribution in [0.5, 0.6) is 0 Å². The van der Waals surface area contributed by atoms with Crippen molar-refractivity contribution in [2.45, 2.75) is 33.6 Å². The first-order valence-corrected chi connectivity index (χ1v) is 9.71. The minimum atomic E-state index is 0. The second kappa shape index (κ2) is 8.40. The molecule has 0 fully saturated rings. The van der Waals surface area contributed by atoms with E-state index in [-0.39, 0.29) is 12.8 Å². The molecule has 0 aliphatic rings. The Kier molecular flexibility index (Phi) is 5.93. The Morgan fingerprint density at radius 2 is 1.03 bits per heavy atom. The lowest BCUT2D eigenvalue weighted by atomic mass is 9.85. The lowest BCUT2D eigenvalue weighted by molar-refractivity contribution is -0.596. The molecule has 2 heteroatoms. The molecule has 0 saturated carbocycles. The summed E-state index contributed by atoms with van der Waals surface area (Å²) >= 11 is 0. The molecule has 29 heavy (non-hydrogen) atoms. The van der Waals surface area contributed by atoms with Crippen LogP contribution in [0.25, 0.3) is 22.5 Å². The Hall–Kier alpha value is -3.26. The first kappa shape index (κ1) is 20.5. The van der Waals surface area contributed by atoms with E-state index < -0.39 is 0 Å². The number of para-hydroxylation sites is 2. The van der Waals surface area contributed by atoms with Gasteiger partial charge in [-0.15, -0.1) is 0 Å². The number of pyridine rings is 2. The zero-order valence-corrected chi connectivity index (χ0v) is 16.7. The molecule has 0 aliphatic carbocycles. The SMILES string of the molecule is C.CC(C)(C)c1ccccc1-[n+]1ccc(-c2cc[n+](-c3ccccc3)cc2)cc1. The summed E-state index contributed by atoms with van der Waals surface area (Å²) in [4.78, 5) is 0. The standard InChI is InChI=1S/C26H26N2.CH4/c1-26(2,3)24-11-7-8-12-25(24)28-19-15-22(16-20-28)21-13-17-27(18-14-21)23-9-5-4-6-10-23;/h4-20H,1-3H3;1H4/q+2;. The van der Waals surface area contributed by atoms with Crippen molar-refractivity contribution in [2.24, 2.45) is 0 Å². The van der Waals surface area contributed by atoms with Crippen LogP contribution in [-0.4, -0.2) is 0 Å². The Morgan fingerprint density at radius 3 is 1.59 bits per heavy atom. The number of nitrogens with zero attached hydrogens (tertiary/aromatic N) is 2. The first-order valence-electron chi connectivity index (χ1n) is 9.71. The average molecular weight is 383 g/mol. The molecule has 0 atom stereocenters. The van der Waals surface area contributed by atoms with Crippen LogP contribution in [0, 0.1) is 0 Å². The first-order chi connectivity index (χ1) is 13.5. The average Bonchev–Trinajstić information content (AvgIpc) is 2.74. The Morgan fingerprint density at radius 1 is 0.552 bits per heavy atom. The van der Waals surface area contributed by atoms with E-state index in [1.54, 1.807) is 0 Å². The van der Waals surface area contributed by atoms with E-state index in [1.165, 1.54) is 28.1 Å². The van der Waals surface area contributed by atoms with Crippen molar-refractivity contribution in [2.75, 3.05) is 0 Å². The summed E-state index contributed by atoms with van der Waals surface area (Å²) in [6.45, 7) is 6.77. The molecule has 0 bridgehead atoms. The van der Waals surface area contributed by atoms with Gasteiger partial charge in [-0.3, -0.25) is 0 Å². The summed E-state index contributed by atoms with van der Waals surface area (Å²) < 4.78 is 4.34. The van der Waals surface area contributed by atoms with Crippen molar-refractivity contribution in [3.8, 4) is 22.5 Å². The fraction of sp³-hybridized carbons (Fsp3) is 0.185. The molecule has 0 N–H and O–H groups in total. The fourth-order valence-corrected chi connectivity index (χ4v) is 3.50. The smallest absolute Gasteiger partial charge is 0.167 e. The van der Waals surface area contributed by atoms with Crippen LogP contribution in [0.15, 0.2) is 104 Å². The van der Waals surface area contributed by atoms with E-state index in [0.717, 1.165) is 0 Å². The summed E-state index contributed by atoms with van der Waals surface area (Å²) in [6, 6.07) is 27.7. The van der Waals surface area contributed by atoms with E-state index in [1.807, 2.05) is 6.07 Å². The van der Waals surface area contributed by atoms with Crippen molar-refractivity contribution in [1.29, 1.82) is 0 Å². The van der Waals surface area contributed by atoms with Gasteiger partial charge in [0.15, 0.2) is 24.8 Å². The Balaban J connectivity index is 0.00000240. The molecule has 2 heterocycles. The number of rotatable bonds is 3. The second-order valence-corrected chi connectivity index (χ2v) is 8.09. The third-order valence-corrected chi connectivity index (χ3v) is 5.04. The fourth-order valence-electron chi connectivity index (χ4n) is 3.50. The van der Waals surface area contributed by atoms with Gasteiger partial charge in [0, 0.05) is 48.0 Å². The van der Waals surface area contributed by atoms with Crippen molar-refractivity contribution in [3.63, 3.8) is 0 Å². The zero-order valence-electron chi connectivity index (χ0n) is 16.7. The van der Waals surface area contributed by atoms with Gasteiger partial charge >= 0.3 is 0 Å². The van der Waals surface area contributed by atoms with Crippen LogP contribution in [0.4, 0.5) is 0 Å². The van der Waals surface area contributed by atoms with Gasteiger partial charge in [0.2, 0.25) is 11.4 Å². The number of aromatic nitrogens is 2. The van der Waals surface area contributed by atoms with Gasteiger partial charge in [-0.2, -0.15) is 9.13 Å². The molecule has 0 amide bonds. The van der Waals surface area contributed by atoms with Gasteiger partial charge in [-0.05, 0) is 16.5 Å². The van der Waals surface area contributed by atoms with Gasteiger partial charge in [0.1, 0.15) is 0 Å². The third kappa shape index (κ3) is 4.43. The number of hydrogen-bond donors (Lipinski definition) is 0. The summed E-state index contributed by atoms with van der Waals surface area (Å²) in [5.41, 5.74) is 6.27. The molecule has 4 aromatic rings. The number of benzene rings is 2. The van der Waals surface area contributed by atoms with Gasteiger partial charge in [-0.1, -0.05) is 64.6 Å². The molecule has 0 unspecified atom stereocenters.